The zero-order chi connectivity index (χ0) is 12.6. The van der Waals surface area contributed by atoms with Gasteiger partial charge in [0.2, 0.25) is 0 Å². The summed E-state index contributed by atoms with van der Waals surface area (Å²) >= 11 is 0. The van der Waals surface area contributed by atoms with Gasteiger partial charge in [-0.15, -0.1) is 0 Å². The van der Waals surface area contributed by atoms with Crippen LogP contribution in [0.25, 0.3) is 5.65 Å². The maximum Gasteiger partial charge on any atom is 0.394 e. The van der Waals surface area contributed by atoms with E-state index in [2.05, 4.69) is 10.1 Å². The SMILES string of the molecule is CC(C)c1ccc2ncc(CC(F)(F)F)n2n1. The van der Waals surface area contributed by atoms with Gasteiger partial charge in [-0.1, -0.05) is 13.8 Å². The van der Waals surface area contributed by atoms with Gasteiger partial charge in [-0.05, 0) is 18.1 Å². The zero-order valence-corrected chi connectivity index (χ0v) is 9.49. The van der Waals surface area contributed by atoms with E-state index in [-0.39, 0.29) is 11.6 Å². The predicted molar refractivity (Wildman–Crippen MR) is 56.8 cm³/mol. The Morgan fingerprint density at radius 2 is 2.00 bits per heavy atom. The molecule has 2 aromatic rings. The van der Waals surface area contributed by atoms with Crippen molar-refractivity contribution in [3.05, 3.63) is 29.7 Å². The van der Waals surface area contributed by atoms with Crippen LogP contribution in [0, 0.1) is 0 Å². The van der Waals surface area contributed by atoms with Gasteiger partial charge < -0.3 is 0 Å². The number of hydrogen-bond acceptors (Lipinski definition) is 2. The van der Waals surface area contributed by atoms with Gasteiger partial charge in [-0.25, -0.2) is 9.50 Å². The number of hydrogen-bond donors (Lipinski definition) is 0. The normalized spacial score (nSPS) is 12.6. The fraction of sp³-hybridized carbons (Fsp3) is 0.455. The second kappa shape index (κ2) is 4.01. The van der Waals surface area contributed by atoms with Gasteiger partial charge in [0, 0.05) is 0 Å². The highest BCUT2D eigenvalue weighted by atomic mass is 19.4. The predicted octanol–water partition coefficient (Wildman–Crippen LogP) is 2.96. The van der Waals surface area contributed by atoms with Crippen molar-refractivity contribution < 1.29 is 13.2 Å². The van der Waals surface area contributed by atoms with E-state index in [1.807, 2.05) is 13.8 Å². The Morgan fingerprint density at radius 3 is 2.59 bits per heavy atom. The van der Waals surface area contributed by atoms with Crippen molar-refractivity contribution in [2.75, 3.05) is 0 Å². The van der Waals surface area contributed by atoms with E-state index in [9.17, 15) is 13.2 Å². The molecule has 6 heteroatoms. The van der Waals surface area contributed by atoms with Crippen molar-refractivity contribution in [3.63, 3.8) is 0 Å². The van der Waals surface area contributed by atoms with Gasteiger partial charge in [0.25, 0.3) is 0 Å². The maximum atomic E-state index is 12.3. The molecule has 0 unspecified atom stereocenters. The number of nitrogens with zero attached hydrogens (tertiary/aromatic N) is 3. The summed E-state index contributed by atoms with van der Waals surface area (Å²) in [7, 11) is 0. The molecule has 0 spiro atoms. The molecule has 2 heterocycles. The van der Waals surface area contributed by atoms with Gasteiger partial charge in [-0.3, -0.25) is 0 Å². The number of fused-ring (bicyclic) bond motifs is 1. The van der Waals surface area contributed by atoms with Crippen LogP contribution in [-0.4, -0.2) is 20.8 Å². The standard InChI is InChI=1S/C11H12F3N3/c1-7(2)9-3-4-10-15-6-8(17(10)16-9)5-11(12,13)14/h3-4,6-7H,5H2,1-2H3. The average Bonchev–Trinajstić information content (AvgIpc) is 2.58. The van der Waals surface area contributed by atoms with Gasteiger partial charge in [-0.2, -0.15) is 18.3 Å². The minimum absolute atomic E-state index is 0.0648. The molecule has 3 nitrogen and oxygen atoms in total. The molecule has 0 fully saturated rings. The molecule has 0 aromatic carbocycles. The smallest absolute Gasteiger partial charge is 0.235 e. The van der Waals surface area contributed by atoms with E-state index in [0.29, 0.717) is 5.65 Å². The topological polar surface area (TPSA) is 30.2 Å². The van der Waals surface area contributed by atoms with E-state index in [1.165, 1.54) is 10.7 Å². The Labute approximate surface area is 96.3 Å². The van der Waals surface area contributed by atoms with Crippen molar-refractivity contribution >= 4 is 5.65 Å². The Morgan fingerprint density at radius 1 is 1.29 bits per heavy atom. The number of aromatic nitrogens is 3. The minimum Gasteiger partial charge on any atom is -0.235 e. The van der Waals surface area contributed by atoms with Crippen LogP contribution in [0.1, 0.15) is 31.2 Å². The average molecular weight is 243 g/mol. The molecule has 0 N–H and O–H groups in total. The molecular formula is C11H12F3N3. The molecule has 0 saturated carbocycles. The van der Waals surface area contributed by atoms with Crippen molar-refractivity contribution in [2.24, 2.45) is 0 Å². The van der Waals surface area contributed by atoms with Crippen LogP contribution in [0.15, 0.2) is 18.3 Å². The maximum absolute atomic E-state index is 12.3. The molecular weight excluding hydrogens is 231 g/mol. The molecule has 2 rings (SSSR count). The highest BCUT2D eigenvalue weighted by molar-refractivity contribution is 5.39. The van der Waals surface area contributed by atoms with E-state index >= 15 is 0 Å². The highest BCUT2D eigenvalue weighted by Gasteiger charge is 2.29. The van der Waals surface area contributed by atoms with Gasteiger partial charge in [0.05, 0.1) is 24.0 Å². The first-order chi connectivity index (χ1) is 7.87. The molecule has 0 bridgehead atoms. The molecule has 0 aliphatic rings. The van der Waals surface area contributed by atoms with Gasteiger partial charge >= 0.3 is 6.18 Å². The number of alkyl halides is 3. The largest absolute Gasteiger partial charge is 0.394 e. The van der Waals surface area contributed by atoms with Crippen LogP contribution < -0.4 is 0 Å². The van der Waals surface area contributed by atoms with Crippen molar-refractivity contribution in [3.8, 4) is 0 Å². The van der Waals surface area contributed by atoms with Gasteiger partial charge in [0.15, 0.2) is 5.65 Å². The summed E-state index contributed by atoms with van der Waals surface area (Å²) in [6, 6.07) is 3.46. The summed E-state index contributed by atoms with van der Waals surface area (Å²) < 4.78 is 38.3. The Hall–Kier alpha value is -1.59. The molecule has 2 aromatic heterocycles. The first-order valence-electron chi connectivity index (χ1n) is 5.27. The van der Waals surface area contributed by atoms with E-state index < -0.39 is 12.6 Å². The first kappa shape index (κ1) is 11.9. The van der Waals surface area contributed by atoms with E-state index in [4.69, 9.17) is 0 Å². The summed E-state index contributed by atoms with van der Waals surface area (Å²) in [4.78, 5) is 3.90. The lowest BCUT2D eigenvalue weighted by Gasteiger charge is -2.07. The van der Waals surface area contributed by atoms with E-state index in [1.54, 1.807) is 12.1 Å². The third-order valence-corrected chi connectivity index (χ3v) is 2.43. The summed E-state index contributed by atoms with van der Waals surface area (Å²) in [5, 5.41) is 4.17. The fourth-order valence-corrected chi connectivity index (χ4v) is 1.57. The Kier molecular flexibility index (Phi) is 2.81. The van der Waals surface area contributed by atoms with Crippen molar-refractivity contribution in [1.82, 2.24) is 14.6 Å². The lowest BCUT2D eigenvalue weighted by molar-refractivity contribution is -0.128. The summed E-state index contributed by atoms with van der Waals surface area (Å²) in [5.74, 6) is 0.167. The van der Waals surface area contributed by atoms with Crippen LogP contribution in [0.4, 0.5) is 13.2 Å². The minimum atomic E-state index is -4.24. The van der Waals surface area contributed by atoms with Crippen LogP contribution in [0.2, 0.25) is 0 Å². The second-order valence-corrected chi connectivity index (χ2v) is 4.22. The molecule has 17 heavy (non-hydrogen) atoms. The quantitative estimate of drug-likeness (QED) is 0.811. The highest BCUT2D eigenvalue weighted by Crippen LogP contribution is 2.22. The Bertz CT molecular complexity index is 528. The molecule has 0 radical (unpaired) electrons. The fourth-order valence-electron chi connectivity index (χ4n) is 1.57. The van der Waals surface area contributed by atoms with Crippen molar-refractivity contribution in [2.45, 2.75) is 32.4 Å². The molecule has 0 aliphatic heterocycles. The first-order valence-corrected chi connectivity index (χ1v) is 5.27. The van der Waals surface area contributed by atoms with Gasteiger partial charge in [0.1, 0.15) is 0 Å². The number of rotatable bonds is 2. The van der Waals surface area contributed by atoms with Crippen LogP contribution in [0.5, 0.6) is 0 Å². The third-order valence-electron chi connectivity index (χ3n) is 2.43. The summed E-state index contributed by atoms with van der Waals surface area (Å²) in [5.41, 5.74) is 1.25. The number of halogens is 3. The summed E-state index contributed by atoms with van der Waals surface area (Å²) in [6.45, 7) is 3.88. The van der Waals surface area contributed by atoms with Crippen molar-refractivity contribution in [1.29, 1.82) is 0 Å². The third kappa shape index (κ3) is 2.57. The summed E-state index contributed by atoms with van der Waals surface area (Å²) in [6.07, 6.45) is -4.03. The molecule has 0 amide bonds. The zero-order valence-electron chi connectivity index (χ0n) is 9.49. The molecule has 0 saturated heterocycles. The molecule has 0 aliphatic carbocycles. The van der Waals surface area contributed by atoms with Crippen LogP contribution >= 0.6 is 0 Å². The molecule has 0 atom stereocenters. The van der Waals surface area contributed by atoms with Crippen LogP contribution in [0.3, 0.4) is 0 Å². The van der Waals surface area contributed by atoms with E-state index in [0.717, 1.165) is 5.69 Å². The van der Waals surface area contributed by atoms with Crippen LogP contribution in [-0.2, 0) is 6.42 Å². The molecule has 92 valence electrons. The second-order valence-electron chi connectivity index (χ2n) is 4.22. The number of imidazole rings is 1. The lowest BCUT2D eigenvalue weighted by atomic mass is 10.1. The Balaban J connectivity index is 2.47. The lowest BCUT2D eigenvalue weighted by Crippen LogP contribution is -2.14. The monoisotopic (exact) mass is 243 g/mol.